The Hall–Kier alpha value is -8.20. The van der Waals surface area contributed by atoms with Crippen LogP contribution in [0.5, 0.6) is 0 Å². The van der Waals surface area contributed by atoms with E-state index < -0.39 is 5.41 Å². The average molecular weight is 954 g/mol. The number of nitrogens with zero attached hydrogens (tertiary/aromatic N) is 1. The molecule has 0 amide bonds. The van der Waals surface area contributed by atoms with Crippen LogP contribution < -0.4 is 4.90 Å². The van der Waals surface area contributed by atoms with Crippen molar-refractivity contribution in [2.24, 2.45) is 23.7 Å². The Morgan fingerprint density at radius 3 is 1.58 bits per heavy atom. The average Bonchev–Trinajstić information content (AvgIpc) is 3.87. The smallest absolute Gasteiger partial charge is 0.136 e. The lowest BCUT2D eigenvalue weighted by atomic mass is 9.41. The summed E-state index contributed by atoms with van der Waals surface area (Å²) in [5, 5.41) is 2.28. The topological polar surface area (TPSA) is 16.4 Å². The molecule has 14 rings (SSSR count). The molecule has 3 aliphatic rings. The van der Waals surface area contributed by atoms with Crippen LogP contribution in [0.15, 0.2) is 253 Å². The molecule has 0 atom stereocenters. The predicted molar refractivity (Wildman–Crippen MR) is 308 cm³/mol. The van der Waals surface area contributed by atoms with E-state index in [1.807, 2.05) is 6.07 Å². The Bertz CT molecular complexity index is 3780. The second-order valence-electron chi connectivity index (χ2n) is 21.8. The highest BCUT2D eigenvalue weighted by Gasteiger charge is 2.61. The van der Waals surface area contributed by atoms with Gasteiger partial charge in [-0.15, -0.1) is 0 Å². The molecule has 0 aliphatic heterocycles. The Labute approximate surface area is 435 Å². The van der Waals surface area contributed by atoms with E-state index in [1.165, 1.54) is 81.3 Å². The van der Waals surface area contributed by atoms with Gasteiger partial charge in [0.2, 0.25) is 0 Å². The maximum absolute atomic E-state index is 6.39. The highest BCUT2D eigenvalue weighted by Crippen LogP contribution is 2.67. The molecule has 0 radical (unpaired) electrons. The molecule has 2 fully saturated rings. The van der Waals surface area contributed by atoms with Crippen molar-refractivity contribution in [1.29, 1.82) is 0 Å². The van der Waals surface area contributed by atoms with Crippen molar-refractivity contribution in [1.82, 2.24) is 0 Å². The third kappa shape index (κ3) is 6.84. The van der Waals surface area contributed by atoms with Gasteiger partial charge in [-0.1, -0.05) is 214 Å². The monoisotopic (exact) mass is 953 g/mol. The summed E-state index contributed by atoms with van der Waals surface area (Å²) in [5.41, 5.74) is 20.1. The van der Waals surface area contributed by atoms with Crippen LogP contribution in [0, 0.1) is 23.7 Å². The van der Waals surface area contributed by atoms with Crippen LogP contribution in [0.4, 0.5) is 17.1 Å². The Balaban J connectivity index is 1.00. The number of hydrogen-bond acceptors (Lipinski definition) is 2. The summed E-state index contributed by atoms with van der Waals surface area (Å²) in [5.74, 6) is 2.50. The summed E-state index contributed by atoms with van der Waals surface area (Å²) < 4.78 is 6.39. The number of furan rings is 1. The van der Waals surface area contributed by atoms with E-state index in [1.54, 1.807) is 5.56 Å². The lowest BCUT2D eigenvalue weighted by Crippen LogP contribution is -2.56. The molecule has 1 heterocycles. The second-order valence-corrected chi connectivity index (χ2v) is 21.8. The van der Waals surface area contributed by atoms with Gasteiger partial charge >= 0.3 is 0 Å². The van der Waals surface area contributed by atoms with Crippen molar-refractivity contribution in [2.75, 3.05) is 4.90 Å². The van der Waals surface area contributed by atoms with Gasteiger partial charge in [0.25, 0.3) is 0 Å². The minimum absolute atomic E-state index is 0.100. The van der Waals surface area contributed by atoms with Gasteiger partial charge in [0.15, 0.2) is 0 Å². The van der Waals surface area contributed by atoms with Crippen molar-refractivity contribution in [2.45, 2.75) is 50.4 Å². The molecule has 0 N–H and O–H groups in total. The van der Waals surface area contributed by atoms with Crippen molar-refractivity contribution in [3.63, 3.8) is 0 Å². The van der Waals surface area contributed by atoms with Gasteiger partial charge in [0.1, 0.15) is 11.2 Å². The SMILES string of the molecule is C[C@H]1C[C@@H]2C[C@@H](C)C[C@H](C1)C21c2ccccc2C(c2ccccc2)(c2ccccc2)c2cc(N(c3ccc(-c4ccccc4-c4cccc5oc6ccccc6c45)cc3)c3cccc(-c4ccccc4)c3)ccc21. The van der Waals surface area contributed by atoms with E-state index in [2.05, 4.69) is 261 Å². The first-order valence-corrected chi connectivity index (χ1v) is 26.9. The lowest BCUT2D eigenvalue weighted by molar-refractivity contribution is 0.0238. The van der Waals surface area contributed by atoms with Gasteiger partial charge in [-0.2, -0.15) is 0 Å². The standard InChI is InChI=1S/C72H59NO/c1-48-42-55-44-49(2)45-56(43-48)72(55)65-33-16-15-32-64(65)71(53-23-8-4-9-24-53,54-25-10-5-11-26-54)67-47-59(40-41-66(67)72)73(58-27-18-22-52(46-58)50-20-6-3-7-21-50)57-38-36-51(37-39-57)60-28-12-13-29-61(60)62-31-19-35-69-70(62)63-30-14-17-34-68(63)74-69/h3-41,46-49,55-56H,42-45H2,1-2H3/t48-,49+,55+,56-,72?. The van der Waals surface area contributed by atoms with E-state index in [9.17, 15) is 0 Å². The summed E-state index contributed by atoms with van der Waals surface area (Å²) in [6, 6.07) is 93.2. The third-order valence-corrected chi connectivity index (χ3v) is 17.6. The summed E-state index contributed by atoms with van der Waals surface area (Å²) in [4.78, 5) is 2.51. The summed E-state index contributed by atoms with van der Waals surface area (Å²) in [6.45, 7) is 5.04. The van der Waals surface area contributed by atoms with E-state index in [0.717, 1.165) is 44.6 Å². The van der Waals surface area contributed by atoms with Gasteiger partial charge in [-0.05, 0) is 165 Å². The minimum atomic E-state index is -0.576. The molecular formula is C72H59NO. The first-order valence-electron chi connectivity index (χ1n) is 26.9. The highest BCUT2D eigenvalue weighted by atomic mass is 16.3. The van der Waals surface area contributed by atoms with E-state index in [-0.39, 0.29) is 5.41 Å². The van der Waals surface area contributed by atoms with Crippen LogP contribution in [0.2, 0.25) is 0 Å². The van der Waals surface area contributed by atoms with E-state index in [0.29, 0.717) is 23.7 Å². The maximum atomic E-state index is 6.39. The molecule has 11 aromatic rings. The molecule has 2 heteroatoms. The molecule has 74 heavy (non-hydrogen) atoms. The molecule has 1 aromatic heterocycles. The fraction of sp³-hybridized carbons (Fsp3) is 0.167. The number of benzene rings is 10. The molecule has 2 bridgehead atoms. The molecule has 2 saturated carbocycles. The zero-order valence-corrected chi connectivity index (χ0v) is 42.2. The van der Waals surface area contributed by atoms with Gasteiger partial charge in [0.05, 0.1) is 5.41 Å². The fourth-order valence-corrected chi connectivity index (χ4v) is 14.9. The van der Waals surface area contributed by atoms with Gasteiger partial charge in [0, 0.05) is 33.2 Å². The van der Waals surface area contributed by atoms with E-state index in [4.69, 9.17) is 4.42 Å². The number of anilines is 3. The number of rotatable bonds is 8. The first-order chi connectivity index (χ1) is 36.5. The molecule has 0 unspecified atom stereocenters. The van der Waals surface area contributed by atoms with Crippen LogP contribution in [0.3, 0.4) is 0 Å². The lowest BCUT2D eigenvalue weighted by Gasteiger charge is -2.62. The molecule has 10 aromatic carbocycles. The molecule has 2 nitrogen and oxygen atoms in total. The van der Waals surface area contributed by atoms with Crippen LogP contribution >= 0.6 is 0 Å². The second kappa shape index (κ2) is 17.8. The Kier molecular flexibility index (Phi) is 10.7. The summed E-state index contributed by atoms with van der Waals surface area (Å²) in [7, 11) is 0. The largest absolute Gasteiger partial charge is 0.456 e. The number of fused-ring (bicyclic) bond motifs is 5. The summed E-state index contributed by atoms with van der Waals surface area (Å²) in [6.07, 6.45) is 5.01. The maximum Gasteiger partial charge on any atom is 0.136 e. The van der Waals surface area contributed by atoms with Crippen LogP contribution in [-0.2, 0) is 10.8 Å². The molecule has 1 spiro atoms. The molecule has 3 aliphatic carbocycles. The van der Waals surface area contributed by atoms with Crippen LogP contribution in [-0.4, -0.2) is 0 Å². The number of hydrogen-bond donors (Lipinski definition) is 0. The van der Waals surface area contributed by atoms with Crippen molar-refractivity contribution >= 4 is 39.0 Å². The van der Waals surface area contributed by atoms with Crippen molar-refractivity contribution < 1.29 is 4.42 Å². The zero-order chi connectivity index (χ0) is 49.4. The number of para-hydroxylation sites is 1. The Morgan fingerprint density at radius 2 is 0.878 bits per heavy atom. The van der Waals surface area contributed by atoms with E-state index >= 15 is 0 Å². The van der Waals surface area contributed by atoms with Gasteiger partial charge < -0.3 is 9.32 Å². The van der Waals surface area contributed by atoms with Crippen LogP contribution in [0.25, 0.3) is 55.3 Å². The fourth-order valence-electron chi connectivity index (χ4n) is 14.9. The molecule has 0 saturated heterocycles. The Morgan fingerprint density at radius 1 is 0.365 bits per heavy atom. The van der Waals surface area contributed by atoms with Crippen molar-refractivity contribution in [3.05, 3.63) is 282 Å². The molecule has 358 valence electrons. The summed E-state index contributed by atoms with van der Waals surface area (Å²) >= 11 is 0. The minimum Gasteiger partial charge on any atom is -0.456 e. The highest BCUT2D eigenvalue weighted by molar-refractivity contribution is 6.13. The molecular weight excluding hydrogens is 895 g/mol. The van der Waals surface area contributed by atoms with Crippen molar-refractivity contribution in [3.8, 4) is 33.4 Å². The zero-order valence-electron chi connectivity index (χ0n) is 42.2. The van der Waals surface area contributed by atoms with Gasteiger partial charge in [-0.3, -0.25) is 0 Å². The third-order valence-electron chi connectivity index (χ3n) is 17.6. The predicted octanol–water partition coefficient (Wildman–Crippen LogP) is 19.1. The van der Waals surface area contributed by atoms with Crippen LogP contribution in [0.1, 0.15) is 72.9 Å². The normalized spacial score (nSPS) is 20.5. The quantitative estimate of drug-likeness (QED) is 0.151. The van der Waals surface area contributed by atoms with Gasteiger partial charge in [-0.25, -0.2) is 0 Å². The first kappa shape index (κ1) is 44.5.